The molecule has 232 valence electrons. The number of fused-ring (bicyclic) bond motifs is 1. The van der Waals surface area contributed by atoms with Gasteiger partial charge in [-0.2, -0.15) is 0 Å². The van der Waals surface area contributed by atoms with Gasteiger partial charge in [-0.15, -0.1) is 11.3 Å². The molecule has 0 spiro atoms. The first-order valence-corrected chi connectivity index (χ1v) is 17.0. The van der Waals surface area contributed by atoms with Crippen LogP contribution in [0.25, 0.3) is 0 Å². The Labute approximate surface area is 258 Å². The number of amides is 3. The summed E-state index contributed by atoms with van der Waals surface area (Å²) < 4.78 is 6.07. The minimum absolute atomic E-state index is 0.143. The summed E-state index contributed by atoms with van der Waals surface area (Å²) in [6.45, 7) is 7.29. The summed E-state index contributed by atoms with van der Waals surface area (Å²) in [6, 6.07) is 8.36. The van der Waals surface area contributed by atoms with Gasteiger partial charge in [-0.1, -0.05) is 31.4 Å². The lowest BCUT2D eigenvalue weighted by atomic mass is 9.93. The molecule has 1 atom stereocenters. The van der Waals surface area contributed by atoms with Gasteiger partial charge in [-0.05, 0) is 75.4 Å². The van der Waals surface area contributed by atoms with Crippen molar-refractivity contribution in [3.05, 3.63) is 51.2 Å². The van der Waals surface area contributed by atoms with Crippen LogP contribution in [0.2, 0.25) is 0 Å². The van der Waals surface area contributed by atoms with Crippen molar-refractivity contribution in [2.45, 2.75) is 89.6 Å². The summed E-state index contributed by atoms with van der Waals surface area (Å²) >= 11 is 1.52. The number of carbonyl (C=O) groups is 3. The first-order chi connectivity index (χ1) is 21.0. The van der Waals surface area contributed by atoms with E-state index in [0.29, 0.717) is 25.1 Å². The lowest BCUT2D eigenvalue weighted by Crippen LogP contribution is -2.52. The maximum Gasteiger partial charge on any atom is 0.256 e. The second-order valence-electron chi connectivity index (χ2n) is 12.6. The predicted octanol–water partition coefficient (Wildman–Crippen LogP) is 3.81. The van der Waals surface area contributed by atoms with Gasteiger partial charge in [0.1, 0.15) is 18.4 Å². The van der Waals surface area contributed by atoms with E-state index in [1.165, 1.54) is 81.5 Å². The Morgan fingerprint density at radius 2 is 1.77 bits per heavy atom. The van der Waals surface area contributed by atoms with Gasteiger partial charge in [0.15, 0.2) is 0 Å². The molecule has 9 nitrogen and oxygen atoms in total. The van der Waals surface area contributed by atoms with E-state index >= 15 is 0 Å². The molecule has 3 aliphatic heterocycles. The number of nitrogens with one attached hydrogen (secondary N) is 3. The highest BCUT2D eigenvalue weighted by molar-refractivity contribution is 7.10. The number of rotatable bonds is 12. The van der Waals surface area contributed by atoms with Gasteiger partial charge < -0.3 is 25.2 Å². The zero-order valence-electron chi connectivity index (χ0n) is 25.1. The van der Waals surface area contributed by atoms with E-state index in [2.05, 4.69) is 33.0 Å². The quantitative estimate of drug-likeness (QED) is 0.249. The minimum atomic E-state index is -0.594. The molecule has 10 heteroatoms. The summed E-state index contributed by atoms with van der Waals surface area (Å²) in [6.07, 6.45) is 10.2. The molecule has 2 aromatic rings. The Morgan fingerprint density at radius 3 is 2.53 bits per heavy atom. The molecule has 0 bridgehead atoms. The lowest BCUT2D eigenvalue weighted by Gasteiger charge is -2.33. The van der Waals surface area contributed by atoms with Crippen LogP contribution in [0.15, 0.2) is 29.6 Å². The van der Waals surface area contributed by atoms with E-state index < -0.39 is 6.04 Å². The molecule has 6 rings (SSSR count). The van der Waals surface area contributed by atoms with Crippen LogP contribution in [0.1, 0.15) is 84.1 Å². The van der Waals surface area contributed by atoms with Gasteiger partial charge in [0, 0.05) is 54.5 Å². The number of hydrogen-bond donors (Lipinski definition) is 3. The fourth-order valence-corrected chi connectivity index (χ4v) is 7.85. The molecule has 1 unspecified atom stereocenters. The molecular formula is C33H45N5O4S. The molecule has 43 heavy (non-hydrogen) atoms. The highest BCUT2D eigenvalue weighted by Gasteiger charge is 2.40. The number of ether oxygens (including phenoxy) is 1. The van der Waals surface area contributed by atoms with E-state index in [9.17, 15) is 14.4 Å². The van der Waals surface area contributed by atoms with Gasteiger partial charge in [-0.3, -0.25) is 19.7 Å². The normalized spacial score (nSPS) is 22.2. The summed E-state index contributed by atoms with van der Waals surface area (Å²) in [7, 11) is 0. The third kappa shape index (κ3) is 7.66. The SMILES string of the molecule is O=C1CCC(N2Cc3c(csc3COc3ccc(CNCCN4CCC(CNC5CCCCC5)CC4)cc3)C2=O)C(=O)N1. The fourth-order valence-electron chi connectivity index (χ4n) is 6.90. The maximum atomic E-state index is 12.9. The summed E-state index contributed by atoms with van der Waals surface area (Å²) in [5.74, 6) is 0.820. The fraction of sp³-hybridized carbons (Fsp3) is 0.606. The van der Waals surface area contributed by atoms with E-state index in [0.717, 1.165) is 47.8 Å². The molecule has 4 heterocycles. The molecule has 1 aliphatic carbocycles. The van der Waals surface area contributed by atoms with Crippen molar-refractivity contribution in [1.82, 2.24) is 25.8 Å². The largest absolute Gasteiger partial charge is 0.488 e. The van der Waals surface area contributed by atoms with E-state index in [-0.39, 0.29) is 24.1 Å². The number of carbonyl (C=O) groups excluding carboxylic acids is 3. The molecule has 3 N–H and O–H groups in total. The Hall–Kier alpha value is -2.79. The van der Waals surface area contributed by atoms with E-state index in [1.54, 1.807) is 4.90 Å². The van der Waals surface area contributed by atoms with Gasteiger partial charge in [0.05, 0.1) is 5.56 Å². The third-order valence-corrected chi connectivity index (χ3v) is 10.6. The van der Waals surface area contributed by atoms with Crippen molar-refractivity contribution >= 4 is 29.1 Å². The summed E-state index contributed by atoms with van der Waals surface area (Å²) in [5.41, 5.74) is 2.80. The van der Waals surface area contributed by atoms with E-state index in [1.807, 2.05) is 17.5 Å². The third-order valence-electron chi connectivity index (χ3n) is 9.62. The first kappa shape index (κ1) is 30.2. The van der Waals surface area contributed by atoms with Crippen LogP contribution in [-0.2, 0) is 29.3 Å². The molecule has 1 aromatic carbocycles. The van der Waals surface area contributed by atoms with Crippen molar-refractivity contribution in [2.24, 2.45) is 5.92 Å². The number of piperidine rings is 2. The monoisotopic (exact) mass is 607 g/mol. The Bertz CT molecular complexity index is 1270. The smallest absolute Gasteiger partial charge is 0.256 e. The van der Waals surface area contributed by atoms with Crippen LogP contribution >= 0.6 is 11.3 Å². The molecule has 2 saturated heterocycles. The number of hydrogen-bond acceptors (Lipinski definition) is 8. The maximum absolute atomic E-state index is 12.9. The van der Waals surface area contributed by atoms with Gasteiger partial charge in [0.25, 0.3) is 5.91 Å². The van der Waals surface area contributed by atoms with Gasteiger partial charge >= 0.3 is 0 Å². The zero-order valence-corrected chi connectivity index (χ0v) is 25.9. The van der Waals surface area contributed by atoms with Crippen molar-refractivity contribution in [1.29, 1.82) is 0 Å². The summed E-state index contributed by atoms with van der Waals surface area (Å²) in [4.78, 5) is 41.9. The van der Waals surface area contributed by atoms with Crippen LogP contribution in [-0.4, -0.2) is 72.3 Å². The second-order valence-corrected chi connectivity index (χ2v) is 13.6. The number of likely N-dealkylation sites (tertiary alicyclic amines) is 1. The average molecular weight is 608 g/mol. The van der Waals surface area contributed by atoms with Crippen molar-refractivity contribution in [3.8, 4) is 5.75 Å². The van der Waals surface area contributed by atoms with Gasteiger partial charge in [0.2, 0.25) is 11.8 Å². The zero-order chi connectivity index (χ0) is 29.6. The number of thiophene rings is 1. The molecule has 4 aliphatic rings. The van der Waals surface area contributed by atoms with Gasteiger partial charge in [-0.25, -0.2) is 0 Å². The van der Waals surface area contributed by atoms with Crippen LogP contribution in [0.4, 0.5) is 0 Å². The molecule has 1 saturated carbocycles. The van der Waals surface area contributed by atoms with Crippen molar-refractivity contribution in [2.75, 3.05) is 32.7 Å². The van der Waals surface area contributed by atoms with Crippen LogP contribution in [0.5, 0.6) is 5.75 Å². The Morgan fingerprint density at radius 1 is 0.977 bits per heavy atom. The molecule has 1 aromatic heterocycles. The van der Waals surface area contributed by atoms with Crippen molar-refractivity contribution in [3.63, 3.8) is 0 Å². The molecular weight excluding hydrogens is 562 g/mol. The summed E-state index contributed by atoms with van der Waals surface area (Å²) in [5, 5.41) is 11.7. The van der Waals surface area contributed by atoms with E-state index in [4.69, 9.17) is 4.74 Å². The van der Waals surface area contributed by atoms with Crippen LogP contribution in [0.3, 0.4) is 0 Å². The Balaban J connectivity index is 0.878. The number of imide groups is 1. The second kappa shape index (κ2) is 14.3. The van der Waals surface area contributed by atoms with Crippen LogP contribution < -0.4 is 20.7 Å². The van der Waals surface area contributed by atoms with Crippen molar-refractivity contribution < 1.29 is 19.1 Å². The Kier molecular flexibility index (Phi) is 10.1. The average Bonchev–Trinajstić information content (AvgIpc) is 3.58. The highest BCUT2D eigenvalue weighted by Crippen LogP contribution is 2.34. The first-order valence-electron chi connectivity index (χ1n) is 16.2. The molecule has 3 fully saturated rings. The standard InChI is InChI=1S/C33H45N5O4S/c39-31-11-10-29(32(40)36-31)38-20-27-28(33(38)41)22-43-30(27)21-42-26-8-6-23(7-9-26)18-34-14-17-37-15-12-24(13-16-37)19-35-25-4-2-1-3-5-25/h6-9,22,24-25,29,34-35H,1-5,10-21H2,(H,36,39,40). The predicted molar refractivity (Wildman–Crippen MR) is 167 cm³/mol. The number of benzene rings is 1. The highest BCUT2D eigenvalue weighted by atomic mass is 32.1. The minimum Gasteiger partial charge on any atom is -0.488 e. The molecule has 3 amide bonds. The number of nitrogens with zero attached hydrogens (tertiary/aromatic N) is 2. The van der Waals surface area contributed by atoms with Crippen LogP contribution in [0, 0.1) is 5.92 Å². The molecule has 0 radical (unpaired) electrons. The lowest BCUT2D eigenvalue weighted by molar-refractivity contribution is -0.136. The topological polar surface area (TPSA) is 103 Å².